The molecule has 1 aliphatic heterocycles. The molecule has 9 heteroatoms. The minimum atomic E-state index is -1.77. The molecule has 5 N–H and O–H groups in total. The Kier molecular flexibility index (Phi) is 7.24. The summed E-state index contributed by atoms with van der Waals surface area (Å²) in [5.41, 5.74) is 1.22. The first-order valence-electron chi connectivity index (χ1n) is 9.08. The molecule has 1 aromatic rings. The molecule has 0 amide bonds. The van der Waals surface area contributed by atoms with Gasteiger partial charge in [-0.2, -0.15) is 0 Å². The van der Waals surface area contributed by atoms with Crippen LogP contribution in [0.15, 0.2) is 18.2 Å². The van der Waals surface area contributed by atoms with Gasteiger partial charge >= 0.3 is 5.97 Å². The molecule has 0 saturated carbocycles. The number of hydrogen-bond donors (Lipinski definition) is 5. The van der Waals surface area contributed by atoms with Gasteiger partial charge in [0.15, 0.2) is 6.10 Å². The highest BCUT2D eigenvalue weighted by atomic mass is 16.7. The van der Waals surface area contributed by atoms with Crippen molar-refractivity contribution < 1.29 is 39.4 Å². The normalized spacial score (nSPS) is 28.0. The Morgan fingerprint density at radius 3 is 2.46 bits per heavy atom. The molecule has 2 rings (SSSR count). The fourth-order valence-corrected chi connectivity index (χ4v) is 2.76. The fraction of sp³-hybridized carbons (Fsp3) is 0.632. The Balaban J connectivity index is 2.31. The van der Waals surface area contributed by atoms with Gasteiger partial charge < -0.3 is 40.0 Å². The smallest absolute Gasteiger partial charge is 0.335 e. The van der Waals surface area contributed by atoms with Crippen LogP contribution in [0.3, 0.4) is 0 Å². The number of benzene rings is 1. The largest absolute Gasteiger partial charge is 0.479 e. The number of rotatable bonds is 8. The molecule has 0 radical (unpaired) electrons. The molecule has 158 valence electrons. The van der Waals surface area contributed by atoms with Crippen LogP contribution in [-0.4, -0.2) is 69.8 Å². The van der Waals surface area contributed by atoms with Gasteiger partial charge in [0.1, 0.15) is 24.1 Å². The topological polar surface area (TPSA) is 138 Å². The second kappa shape index (κ2) is 9.06. The summed E-state index contributed by atoms with van der Waals surface area (Å²) in [5, 5.41) is 42.5. The van der Waals surface area contributed by atoms with E-state index in [-0.39, 0.29) is 5.54 Å². The highest BCUT2D eigenvalue weighted by Gasteiger charge is 2.48. The van der Waals surface area contributed by atoms with Crippen molar-refractivity contribution in [3.05, 3.63) is 23.8 Å². The number of nitrogens with one attached hydrogen (secondary N) is 1. The number of carboxylic acids is 1. The summed E-state index contributed by atoms with van der Waals surface area (Å²) in [7, 11) is 1.58. The van der Waals surface area contributed by atoms with Gasteiger partial charge in [-0.3, -0.25) is 0 Å². The van der Waals surface area contributed by atoms with Crippen LogP contribution in [0.1, 0.15) is 32.8 Å². The van der Waals surface area contributed by atoms with Crippen LogP contribution in [0.2, 0.25) is 0 Å². The van der Waals surface area contributed by atoms with Crippen LogP contribution in [0.25, 0.3) is 0 Å². The molecular formula is C19H29NO8. The number of aliphatic hydroxyl groups excluding tert-OH is 3. The first-order valence-corrected chi connectivity index (χ1v) is 9.08. The highest BCUT2D eigenvalue weighted by Crippen LogP contribution is 2.33. The standard InChI is InChI=1S/C19H29NO8/c1-5-19(2,3)20-11-8-10(9-26-4)6-7-12(11)27-18-15(23)13(21)14(22)16(28-18)17(24)25/h6-8,13-16,18,20-23H,5,9H2,1-4H3,(H,24,25). The quantitative estimate of drug-likeness (QED) is 0.428. The maximum atomic E-state index is 11.3. The highest BCUT2D eigenvalue weighted by molar-refractivity contribution is 5.73. The molecule has 0 aromatic heterocycles. The van der Waals surface area contributed by atoms with Gasteiger partial charge in [-0.1, -0.05) is 13.0 Å². The number of carboxylic acid groups (broad SMARTS) is 1. The van der Waals surface area contributed by atoms with E-state index in [0.717, 1.165) is 12.0 Å². The van der Waals surface area contributed by atoms with Crippen molar-refractivity contribution in [2.75, 3.05) is 12.4 Å². The predicted molar refractivity (Wildman–Crippen MR) is 100 cm³/mol. The number of carbonyl (C=O) groups is 1. The van der Waals surface area contributed by atoms with Crippen molar-refractivity contribution in [2.45, 2.75) is 70.0 Å². The SMILES string of the molecule is CCC(C)(C)Nc1cc(COC)ccc1OC1OC(C(=O)O)C(O)C(O)C1O. The molecule has 0 aliphatic carbocycles. The predicted octanol–water partition coefficient (Wildman–Crippen LogP) is 0.704. The Morgan fingerprint density at radius 1 is 1.21 bits per heavy atom. The van der Waals surface area contributed by atoms with Gasteiger partial charge in [-0.25, -0.2) is 4.79 Å². The minimum Gasteiger partial charge on any atom is -0.479 e. The van der Waals surface area contributed by atoms with Crippen molar-refractivity contribution in [3.63, 3.8) is 0 Å². The van der Waals surface area contributed by atoms with Crippen LogP contribution in [0.4, 0.5) is 5.69 Å². The summed E-state index contributed by atoms with van der Waals surface area (Å²) >= 11 is 0. The first-order chi connectivity index (χ1) is 13.1. The number of methoxy groups -OCH3 is 1. The minimum absolute atomic E-state index is 0.269. The van der Waals surface area contributed by atoms with E-state index in [0.29, 0.717) is 18.0 Å². The lowest BCUT2D eigenvalue weighted by molar-refractivity contribution is -0.271. The molecule has 0 bridgehead atoms. The Hall–Kier alpha value is -1.91. The molecule has 5 atom stereocenters. The van der Waals surface area contributed by atoms with Gasteiger partial charge in [0, 0.05) is 12.6 Å². The number of aliphatic carboxylic acids is 1. The molecule has 1 fully saturated rings. The monoisotopic (exact) mass is 399 g/mol. The van der Waals surface area contributed by atoms with Gasteiger partial charge in [0.25, 0.3) is 0 Å². The van der Waals surface area contributed by atoms with Gasteiger partial charge in [-0.05, 0) is 38.0 Å². The zero-order valence-electron chi connectivity index (χ0n) is 16.5. The number of hydrogen-bond acceptors (Lipinski definition) is 8. The Labute approximate surface area is 163 Å². The average Bonchev–Trinajstić information content (AvgIpc) is 2.63. The lowest BCUT2D eigenvalue weighted by atomic mass is 9.99. The Bertz CT molecular complexity index is 680. The van der Waals surface area contributed by atoms with E-state index in [1.807, 2.05) is 26.8 Å². The molecular weight excluding hydrogens is 370 g/mol. The molecule has 5 unspecified atom stereocenters. The lowest BCUT2D eigenvalue weighted by Crippen LogP contribution is -2.61. The third kappa shape index (κ3) is 5.12. The van der Waals surface area contributed by atoms with Crippen molar-refractivity contribution >= 4 is 11.7 Å². The number of anilines is 1. The van der Waals surface area contributed by atoms with Crippen LogP contribution in [-0.2, 0) is 20.9 Å². The summed E-state index contributed by atoms with van der Waals surface area (Å²) in [6, 6.07) is 5.23. The second-order valence-electron chi connectivity index (χ2n) is 7.48. The van der Waals surface area contributed by atoms with E-state index < -0.39 is 36.7 Å². The van der Waals surface area contributed by atoms with Crippen LogP contribution >= 0.6 is 0 Å². The van der Waals surface area contributed by atoms with Crippen LogP contribution in [0, 0.1) is 0 Å². The van der Waals surface area contributed by atoms with E-state index >= 15 is 0 Å². The van der Waals surface area contributed by atoms with E-state index in [9.17, 15) is 25.2 Å². The van der Waals surface area contributed by atoms with Gasteiger partial charge in [0.2, 0.25) is 6.29 Å². The molecule has 1 aliphatic rings. The van der Waals surface area contributed by atoms with E-state index in [1.54, 1.807) is 19.2 Å². The summed E-state index contributed by atoms with van der Waals surface area (Å²) in [4.78, 5) is 11.3. The van der Waals surface area contributed by atoms with Crippen molar-refractivity contribution in [1.29, 1.82) is 0 Å². The van der Waals surface area contributed by atoms with Crippen molar-refractivity contribution in [3.8, 4) is 5.75 Å². The zero-order valence-corrected chi connectivity index (χ0v) is 16.5. The van der Waals surface area contributed by atoms with Gasteiger partial charge in [-0.15, -0.1) is 0 Å². The molecule has 1 saturated heterocycles. The lowest BCUT2D eigenvalue weighted by Gasteiger charge is -2.39. The zero-order chi connectivity index (χ0) is 21.1. The molecule has 28 heavy (non-hydrogen) atoms. The summed E-state index contributed by atoms with van der Waals surface area (Å²) in [6.07, 6.45) is -7.51. The van der Waals surface area contributed by atoms with Gasteiger partial charge in [0.05, 0.1) is 12.3 Å². The number of ether oxygens (including phenoxy) is 3. The van der Waals surface area contributed by atoms with E-state index in [2.05, 4.69) is 5.32 Å². The Morgan fingerprint density at radius 2 is 1.89 bits per heavy atom. The van der Waals surface area contributed by atoms with Crippen molar-refractivity contribution in [1.82, 2.24) is 0 Å². The second-order valence-corrected chi connectivity index (χ2v) is 7.48. The van der Waals surface area contributed by atoms with E-state index in [4.69, 9.17) is 14.2 Å². The molecule has 1 aromatic carbocycles. The molecule has 9 nitrogen and oxygen atoms in total. The average molecular weight is 399 g/mol. The molecule has 0 spiro atoms. The first kappa shape index (κ1) is 22.4. The third-order valence-corrected chi connectivity index (χ3v) is 4.77. The maximum absolute atomic E-state index is 11.3. The summed E-state index contributed by atoms with van der Waals surface area (Å²) in [5.74, 6) is -1.16. The van der Waals surface area contributed by atoms with Crippen molar-refractivity contribution in [2.24, 2.45) is 0 Å². The molecule has 1 heterocycles. The van der Waals surface area contributed by atoms with Crippen LogP contribution in [0.5, 0.6) is 5.75 Å². The summed E-state index contributed by atoms with van der Waals surface area (Å²) in [6.45, 7) is 6.42. The fourth-order valence-electron chi connectivity index (χ4n) is 2.76. The number of aliphatic hydroxyl groups is 3. The van der Waals surface area contributed by atoms with E-state index in [1.165, 1.54) is 0 Å². The maximum Gasteiger partial charge on any atom is 0.335 e. The third-order valence-electron chi connectivity index (χ3n) is 4.77. The summed E-state index contributed by atoms with van der Waals surface area (Å²) < 4.78 is 16.1. The van der Waals surface area contributed by atoms with Crippen LogP contribution < -0.4 is 10.1 Å².